The summed E-state index contributed by atoms with van der Waals surface area (Å²) in [6, 6.07) is 0. The van der Waals surface area contributed by atoms with Crippen molar-refractivity contribution in [2.75, 3.05) is 0 Å². The number of nitrogens with one attached hydrogen (secondary N) is 1. The molecule has 0 aliphatic heterocycles. The fourth-order valence-corrected chi connectivity index (χ4v) is 6.71. The van der Waals surface area contributed by atoms with Gasteiger partial charge < -0.3 is 4.98 Å². The Kier molecular flexibility index (Phi) is 2.65. The molecule has 0 aromatic carbocycles. The molecule has 1 N–H and O–H groups in total. The topological polar surface area (TPSA) is 28.7 Å². The largest absolute Gasteiger partial charge is 0.333 e. The molecule has 0 amide bonds. The van der Waals surface area contributed by atoms with Crippen molar-refractivity contribution in [2.24, 2.45) is 16.7 Å². The zero-order chi connectivity index (χ0) is 14.2. The van der Waals surface area contributed by atoms with Gasteiger partial charge in [-0.1, -0.05) is 26.1 Å². The molecule has 0 saturated heterocycles. The SMILES string of the molecule is CC12CC3CC(C)(C1)CC(c1ncc(Br)c(=S)[nH]1)(C3)C2. The Morgan fingerprint density at radius 2 is 1.85 bits per heavy atom. The Labute approximate surface area is 133 Å². The second-order valence-corrected chi connectivity index (χ2v) is 9.58. The van der Waals surface area contributed by atoms with E-state index in [2.05, 4.69) is 34.8 Å². The Balaban J connectivity index is 1.84. The summed E-state index contributed by atoms with van der Waals surface area (Å²) in [6.45, 7) is 5.00. The van der Waals surface area contributed by atoms with E-state index in [1.54, 1.807) is 0 Å². The fourth-order valence-electron chi connectivity index (χ4n) is 6.36. The van der Waals surface area contributed by atoms with Crippen molar-refractivity contribution in [3.8, 4) is 0 Å². The van der Waals surface area contributed by atoms with Gasteiger partial charge in [-0.2, -0.15) is 0 Å². The summed E-state index contributed by atoms with van der Waals surface area (Å²) in [7, 11) is 0. The Morgan fingerprint density at radius 3 is 2.40 bits per heavy atom. The molecule has 2 unspecified atom stereocenters. The lowest BCUT2D eigenvalue weighted by molar-refractivity contribution is -0.112. The first-order valence-corrected chi connectivity index (χ1v) is 8.77. The van der Waals surface area contributed by atoms with Crippen molar-refractivity contribution in [2.45, 2.75) is 57.8 Å². The lowest BCUT2D eigenvalue weighted by Gasteiger charge is -2.65. The second kappa shape index (κ2) is 3.95. The van der Waals surface area contributed by atoms with Gasteiger partial charge in [0.2, 0.25) is 0 Å². The minimum atomic E-state index is 0.247. The van der Waals surface area contributed by atoms with Crippen LogP contribution in [0.3, 0.4) is 0 Å². The summed E-state index contributed by atoms with van der Waals surface area (Å²) in [5.41, 5.74) is 1.27. The molecule has 5 rings (SSSR count). The van der Waals surface area contributed by atoms with Gasteiger partial charge in [0, 0.05) is 11.6 Å². The van der Waals surface area contributed by atoms with Gasteiger partial charge >= 0.3 is 0 Å². The molecule has 1 aromatic heterocycles. The van der Waals surface area contributed by atoms with E-state index in [1.165, 1.54) is 38.5 Å². The zero-order valence-corrected chi connectivity index (χ0v) is 14.5. The maximum Gasteiger partial charge on any atom is 0.120 e. The highest BCUT2D eigenvalue weighted by molar-refractivity contribution is 9.10. The maximum absolute atomic E-state index is 5.41. The highest BCUT2D eigenvalue weighted by Gasteiger charge is 2.61. The summed E-state index contributed by atoms with van der Waals surface area (Å²) >= 11 is 8.87. The van der Waals surface area contributed by atoms with Crippen LogP contribution in [0, 0.1) is 21.4 Å². The molecule has 1 heterocycles. The summed E-state index contributed by atoms with van der Waals surface area (Å²) < 4.78 is 1.69. The molecule has 4 heteroatoms. The molecule has 0 spiro atoms. The third-order valence-electron chi connectivity index (χ3n) is 5.88. The van der Waals surface area contributed by atoms with E-state index in [1.807, 2.05) is 6.20 Å². The van der Waals surface area contributed by atoms with E-state index in [0.717, 1.165) is 20.9 Å². The number of halogens is 1. The number of hydrogen-bond acceptors (Lipinski definition) is 2. The van der Waals surface area contributed by atoms with Crippen LogP contribution < -0.4 is 0 Å². The average Bonchev–Trinajstić information content (AvgIpc) is 2.27. The Bertz CT molecular complexity index is 620. The minimum Gasteiger partial charge on any atom is -0.333 e. The number of nitrogens with zero attached hydrogens (tertiary/aromatic N) is 1. The molecular weight excluding hydrogens is 332 g/mol. The predicted molar refractivity (Wildman–Crippen MR) is 86.2 cm³/mol. The normalized spacial score (nSPS) is 45.9. The van der Waals surface area contributed by atoms with Crippen LogP contribution in [0.4, 0.5) is 0 Å². The molecule has 4 fully saturated rings. The smallest absolute Gasteiger partial charge is 0.120 e. The number of H-pyrrole nitrogens is 1. The lowest BCUT2D eigenvalue weighted by atomic mass is 9.40. The first kappa shape index (κ1) is 13.4. The quantitative estimate of drug-likeness (QED) is 0.708. The van der Waals surface area contributed by atoms with E-state index < -0.39 is 0 Å². The molecule has 0 radical (unpaired) electrons. The van der Waals surface area contributed by atoms with E-state index in [-0.39, 0.29) is 5.41 Å². The van der Waals surface area contributed by atoms with Gasteiger partial charge in [0.1, 0.15) is 10.5 Å². The Hall–Kier alpha value is -0.220. The summed E-state index contributed by atoms with van der Waals surface area (Å²) in [5, 5.41) is 0. The maximum atomic E-state index is 5.41. The van der Waals surface area contributed by atoms with Crippen LogP contribution in [-0.2, 0) is 5.41 Å². The molecule has 2 atom stereocenters. The van der Waals surface area contributed by atoms with Gasteiger partial charge in [-0.25, -0.2) is 4.98 Å². The minimum absolute atomic E-state index is 0.247. The third kappa shape index (κ3) is 1.87. The van der Waals surface area contributed by atoms with E-state index >= 15 is 0 Å². The number of rotatable bonds is 1. The summed E-state index contributed by atoms with van der Waals surface area (Å²) in [5.74, 6) is 2.03. The standard InChI is InChI=1S/C16H21BrN2S/c1-14-3-10-4-15(2,7-14)9-16(5-10,8-14)13-18-6-11(17)12(20)19-13/h6,10H,3-5,7-9H2,1-2H3,(H,18,19,20). The predicted octanol–water partition coefficient (Wildman–Crippen LogP) is 5.15. The first-order valence-electron chi connectivity index (χ1n) is 7.57. The van der Waals surface area contributed by atoms with Crippen LogP contribution in [0.15, 0.2) is 10.7 Å². The monoisotopic (exact) mass is 352 g/mol. The molecule has 4 aliphatic carbocycles. The van der Waals surface area contributed by atoms with Gasteiger partial charge in [0.25, 0.3) is 0 Å². The van der Waals surface area contributed by atoms with Crippen molar-refractivity contribution in [3.05, 3.63) is 21.1 Å². The number of aromatic nitrogens is 2. The van der Waals surface area contributed by atoms with E-state index in [9.17, 15) is 0 Å². The highest BCUT2D eigenvalue weighted by atomic mass is 79.9. The summed E-state index contributed by atoms with van der Waals surface area (Å²) in [4.78, 5) is 8.15. The molecule has 4 bridgehead atoms. The van der Waals surface area contributed by atoms with Crippen molar-refractivity contribution >= 4 is 28.1 Å². The van der Waals surface area contributed by atoms with Crippen molar-refractivity contribution < 1.29 is 0 Å². The molecule has 20 heavy (non-hydrogen) atoms. The van der Waals surface area contributed by atoms with E-state index in [0.29, 0.717) is 10.8 Å². The van der Waals surface area contributed by atoms with Gasteiger partial charge in [-0.15, -0.1) is 0 Å². The molecule has 108 valence electrons. The van der Waals surface area contributed by atoms with Crippen molar-refractivity contribution in [1.82, 2.24) is 9.97 Å². The second-order valence-electron chi connectivity index (χ2n) is 8.32. The molecule has 2 nitrogen and oxygen atoms in total. The fraction of sp³-hybridized carbons (Fsp3) is 0.750. The molecular formula is C16H21BrN2S. The zero-order valence-electron chi connectivity index (χ0n) is 12.1. The highest BCUT2D eigenvalue weighted by Crippen LogP contribution is 2.69. The van der Waals surface area contributed by atoms with Crippen molar-refractivity contribution in [3.63, 3.8) is 0 Å². The van der Waals surface area contributed by atoms with Crippen LogP contribution >= 0.6 is 28.1 Å². The molecule has 4 aliphatic rings. The first-order chi connectivity index (χ1) is 9.32. The van der Waals surface area contributed by atoms with Crippen LogP contribution in [0.1, 0.15) is 58.2 Å². The van der Waals surface area contributed by atoms with Gasteiger partial charge in [0.15, 0.2) is 0 Å². The van der Waals surface area contributed by atoms with Gasteiger partial charge in [-0.3, -0.25) is 0 Å². The number of aromatic amines is 1. The van der Waals surface area contributed by atoms with E-state index in [4.69, 9.17) is 17.2 Å². The van der Waals surface area contributed by atoms with Crippen LogP contribution in [-0.4, -0.2) is 9.97 Å². The van der Waals surface area contributed by atoms with Crippen molar-refractivity contribution in [1.29, 1.82) is 0 Å². The van der Waals surface area contributed by atoms with Crippen LogP contribution in [0.2, 0.25) is 0 Å². The van der Waals surface area contributed by atoms with Gasteiger partial charge in [-0.05, 0) is 71.2 Å². The average molecular weight is 353 g/mol. The number of hydrogen-bond donors (Lipinski definition) is 1. The lowest BCUT2D eigenvalue weighted by Crippen LogP contribution is -2.57. The third-order valence-corrected chi connectivity index (χ3v) is 7.07. The molecule has 4 saturated carbocycles. The van der Waals surface area contributed by atoms with Crippen LogP contribution in [0.25, 0.3) is 0 Å². The van der Waals surface area contributed by atoms with Gasteiger partial charge in [0.05, 0.1) is 4.47 Å². The molecule has 1 aromatic rings. The van der Waals surface area contributed by atoms with Crippen LogP contribution in [0.5, 0.6) is 0 Å². The Morgan fingerprint density at radius 1 is 1.20 bits per heavy atom. The summed E-state index contributed by atoms with van der Waals surface area (Å²) in [6.07, 6.45) is 9.99.